The van der Waals surface area contributed by atoms with E-state index in [4.69, 9.17) is 4.74 Å². The van der Waals surface area contributed by atoms with Crippen molar-refractivity contribution < 1.29 is 9.53 Å². The van der Waals surface area contributed by atoms with Gasteiger partial charge in [0.2, 0.25) is 5.91 Å². The molecular formula is C14H21N5O2. The van der Waals surface area contributed by atoms with Crippen molar-refractivity contribution in [1.29, 1.82) is 0 Å². The van der Waals surface area contributed by atoms with Crippen LogP contribution in [0.4, 0.5) is 5.82 Å². The summed E-state index contributed by atoms with van der Waals surface area (Å²) in [4.78, 5) is 12.5. The highest BCUT2D eigenvalue weighted by molar-refractivity contribution is 6.00. The molecule has 0 bridgehead atoms. The zero-order valence-electron chi connectivity index (χ0n) is 12.6. The first-order valence-electron chi connectivity index (χ1n) is 7.44. The number of amides is 1. The van der Waals surface area contributed by atoms with E-state index in [0.717, 1.165) is 42.6 Å². The molecule has 1 aliphatic rings. The van der Waals surface area contributed by atoms with Crippen molar-refractivity contribution in [3.05, 3.63) is 5.69 Å². The number of nitrogens with one attached hydrogen (secondary N) is 2. The minimum Gasteiger partial charge on any atom is -0.378 e. The van der Waals surface area contributed by atoms with Crippen molar-refractivity contribution in [2.24, 2.45) is 13.0 Å². The predicted octanol–water partition coefficient (Wildman–Crippen LogP) is 1.61. The Kier molecular flexibility index (Phi) is 3.67. The van der Waals surface area contributed by atoms with Crippen LogP contribution in [0.15, 0.2) is 0 Å². The second kappa shape index (κ2) is 5.48. The molecule has 0 unspecified atom stereocenters. The van der Waals surface area contributed by atoms with Gasteiger partial charge in [-0.05, 0) is 26.2 Å². The second-order valence-electron chi connectivity index (χ2n) is 5.53. The zero-order valence-corrected chi connectivity index (χ0v) is 12.6. The van der Waals surface area contributed by atoms with Crippen molar-refractivity contribution in [2.75, 3.05) is 11.9 Å². The SMILES string of the molecule is CCc1nn(C)c2n[nH]c(NC(=O)[C@H]3CCCO[C@H]3C)c12. The molecule has 0 spiro atoms. The molecule has 3 rings (SSSR count). The number of carbonyl (C=O) groups excluding carboxylic acids is 1. The van der Waals surface area contributed by atoms with Gasteiger partial charge < -0.3 is 10.1 Å². The third-order valence-corrected chi connectivity index (χ3v) is 4.14. The van der Waals surface area contributed by atoms with E-state index in [1.54, 1.807) is 4.68 Å². The number of aromatic amines is 1. The lowest BCUT2D eigenvalue weighted by Crippen LogP contribution is -2.36. The van der Waals surface area contributed by atoms with E-state index in [2.05, 4.69) is 20.6 Å². The number of nitrogens with zero attached hydrogens (tertiary/aromatic N) is 3. The Labute approximate surface area is 123 Å². The van der Waals surface area contributed by atoms with Crippen LogP contribution in [0, 0.1) is 5.92 Å². The van der Waals surface area contributed by atoms with Gasteiger partial charge in [-0.3, -0.25) is 9.89 Å². The van der Waals surface area contributed by atoms with Crippen LogP contribution in [0.1, 0.15) is 32.4 Å². The molecular weight excluding hydrogens is 270 g/mol. The van der Waals surface area contributed by atoms with Gasteiger partial charge in [-0.2, -0.15) is 10.2 Å². The number of hydrogen-bond donors (Lipinski definition) is 2. The van der Waals surface area contributed by atoms with E-state index >= 15 is 0 Å². The van der Waals surface area contributed by atoms with Crippen LogP contribution < -0.4 is 5.32 Å². The molecule has 0 radical (unpaired) electrons. The van der Waals surface area contributed by atoms with Gasteiger partial charge in [0.1, 0.15) is 5.82 Å². The normalized spacial score (nSPS) is 22.6. The van der Waals surface area contributed by atoms with Gasteiger partial charge in [-0.15, -0.1) is 0 Å². The summed E-state index contributed by atoms with van der Waals surface area (Å²) < 4.78 is 7.29. The van der Waals surface area contributed by atoms with E-state index in [9.17, 15) is 4.79 Å². The molecule has 1 aliphatic heterocycles. The number of fused-ring (bicyclic) bond motifs is 1. The molecule has 1 saturated heterocycles. The van der Waals surface area contributed by atoms with Crippen LogP contribution in [0.2, 0.25) is 0 Å². The van der Waals surface area contributed by atoms with Gasteiger partial charge in [0.05, 0.1) is 23.1 Å². The highest BCUT2D eigenvalue weighted by Gasteiger charge is 2.29. The van der Waals surface area contributed by atoms with Crippen molar-refractivity contribution in [2.45, 2.75) is 39.2 Å². The van der Waals surface area contributed by atoms with E-state index in [0.29, 0.717) is 5.82 Å². The lowest BCUT2D eigenvalue weighted by molar-refractivity contribution is -0.127. The first kappa shape index (κ1) is 14.1. The third-order valence-electron chi connectivity index (χ3n) is 4.14. The molecule has 21 heavy (non-hydrogen) atoms. The van der Waals surface area contributed by atoms with Gasteiger partial charge >= 0.3 is 0 Å². The van der Waals surface area contributed by atoms with E-state index < -0.39 is 0 Å². The van der Waals surface area contributed by atoms with Crippen LogP contribution >= 0.6 is 0 Å². The molecule has 0 aromatic carbocycles. The molecule has 1 fully saturated rings. The minimum absolute atomic E-state index is 0.0151. The molecule has 1 amide bonds. The fraction of sp³-hybridized carbons (Fsp3) is 0.643. The Bertz CT molecular complexity index is 660. The first-order valence-corrected chi connectivity index (χ1v) is 7.44. The van der Waals surface area contributed by atoms with Crippen LogP contribution in [0.5, 0.6) is 0 Å². The standard InChI is InChI=1S/C14H21N5O2/c1-4-10-11-12(16-17-13(11)19(3)18-10)15-14(20)9-6-5-7-21-8(9)2/h8-9H,4-7H2,1-3H3,(H2,15,16,17,20)/t8-,9-/m0/s1. The van der Waals surface area contributed by atoms with Crippen LogP contribution in [-0.4, -0.2) is 38.6 Å². The zero-order chi connectivity index (χ0) is 15.0. The average Bonchev–Trinajstić information content (AvgIpc) is 3.01. The number of aromatic nitrogens is 4. The number of carbonyl (C=O) groups is 1. The molecule has 3 heterocycles. The Balaban J connectivity index is 1.86. The van der Waals surface area contributed by atoms with Crippen molar-refractivity contribution in [1.82, 2.24) is 20.0 Å². The summed E-state index contributed by atoms with van der Waals surface area (Å²) in [5, 5.41) is 15.4. The predicted molar refractivity (Wildman–Crippen MR) is 79.0 cm³/mol. The first-order chi connectivity index (χ1) is 10.1. The smallest absolute Gasteiger partial charge is 0.231 e. The van der Waals surface area contributed by atoms with E-state index in [-0.39, 0.29) is 17.9 Å². The lowest BCUT2D eigenvalue weighted by atomic mass is 9.94. The van der Waals surface area contributed by atoms with Gasteiger partial charge in [-0.25, -0.2) is 4.68 Å². The van der Waals surface area contributed by atoms with Crippen LogP contribution in [-0.2, 0) is 23.0 Å². The van der Waals surface area contributed by atoms with Crippen LogP contribution in [0.25, 0.3) is 11.0 Å². The molecule has 0 saturated carbocycles. The second-order valence-corrected chi connectivity index (χ2v) is 5.53. The summed E-state index contributed by atoms with van der Waals surface area (Å²) in [5.41, 5.74) is 1.69. The quantitative estimate of drug-likeness (QED) is 0.899. The summed E-state index contributed by atoms with van der Waals surface area (Å²) in [6, 6.07) is 0. The molecule has 2 atom stereocenters. The molecule has 2 aromatic heterocycles. The molecule has 0 aliphatic carbocycles. The maximum atomic E-state index is 12.5. The Hall–Kier alpha value is -1.89. The molecule has 114 valence electrons. The summed E-state index contributed by atoms with van der Waals surface area (Å²) >= 11 is 0. The Morgan fingerprint density at radius 3 is 3.10 bits per heavy atom. The number of anilines is 1. The largest absolute Gasteiger partial charge is 0.378 e. The molecule has 2 N–H and O–H groups in total. The van der Waals surface area contributed by atoms with Crippen molar-refractivity contribution in [3.8, 4) is 0 Å². The Morgan fingerprint density at radius 2 is 2.38 bits per heavy atom. The third kappa shape index (κ3) is 2.42. The maximum absolute atomic E-state index is 12.5. The number of H-pyrrole nitrogens is 1. The number of ether oxygens (including phenoxy) is 1. The summed E-state index contributed by atoms with van der Waals surface area (Å²) in [5.74, 6) is 0.509. The fourth-order valence-electron chi connectivity index (χ4n) is 2.94. The lowest BCUT2D eigenvalue weighted by Gasteiger charge is -2.27. The van der Waals surface area contributed by atoms with E-state index in [1.165, 1.54) is 0 Å². The van der Waals surface area contributed by atoms with Crippen molar-refractivity contribution in [3.63, 3.8) is 0 Å². The number of rotatable bonds is 3. The van der Waals surface area contributed by atoms with Gasteiger partial charge in [0.15, 0.2) is 5.65 Å². The topological polar surface area (TPSA) is 84.8 Å². The summed E-state index contributed by atoms with van der Waals surface area (Å²) in [6.45, 7) is 4.73. The summed E-state index contributed by atoms with van der Waals surface area (Å²) in [6.07, 6.45) is 2.53. The van der Waals surface area contributed by atoms with Crippen LogP contribution in [0.3, 0.4) is 0 Å². The van der Waals surface area contributed by atoms with E-state index in [1.807, 2.05) is 20.9 Å². The van der Waals surface area contributed by atoms with Gasteiger partial charge in [0.25, 0.3) is 0 Å². The summed E-state index contributed by atoms with van der Waals surface area (Å²) in [7, 11) is 1.85. The molecule has 7 nitrogen and oxygen atoms in total. The minimum atomic E-state index is -0.112. The Morgan fingerprint density at radius 1 is 1.57 bits per heavy atom. The number of aryl methyl sites for hydroxylation is 2. The maximum Gasteiger partial charge on any atom is 0.231 e. The fourth-order valence-corrected chi connectivity index (χ4v) is 2.94. The average molecular weight is 291 g/mol. The highest BCUT2D eigenvalue weighted by Crippen LogP contribution is 2.27. The molecule has 7 heteroatoms. The number of hydrogen-bond acceptors (Lipinski definition) is 4. The highest BCUT2D eigenvalue weighted by atomic mass is 16.5. The monoisotopic (exact) mass is 291 g/mol. The van der Waals surface area contributed by atoms with Gasteiger partial charge in [-0.1, -0.05) is 6.92 Å². The van der Waals surface area contributed by atoms with Crippen molar-refractivity contribution >= 4 is 22.8 Å². The molecule has 2 aromatic rings. The van der Waals surface area contributed by atoms with Gasteiger partial charge in [0, 0.05) is 13.7 Å².